The summed E-state index contributed by atoms with van der Waals surface area (Å²) in [6.45, 7) is 10.5. The van der Waals surface area contributed by atoms with Crippen LogP contribution in [0.25, 0.3) is 0 Å². The standard InChI is InChI=1S/C15H22FIN2.ClH/c1-15(2,3)14(19-8-6-18-7-9-19)12-10-11(17)4-5-13(12)16;/h4-5,10,14,18H,6-9H2,1-3H3;1H/t14-;/m0./s1. The molecule has 1 aliphatic heterocycles. The van der Waals surface area contributed by atoms with E-state index in [2.05, 4.69) is 53.6 Å². The zero-order valence-electron chi connectivity index (χ0n) is 12.2. The minimum Gasteiger partial charge on any atom is -0.314 e. The van der Waals surface area contributed by atoms with Crippen LogP contribution in [0.15, 0.2) is 18.2 Å². The number of nitrogens with one attached hydrogen (secondary N) is 1. The van der Waals surface area contributed by atoms with E-state index in [1.54, 1.807) is 6.07 Å². The van der Waals surface area contributed by atoms with E-state index in [4.69, 9.17) is 0 Å². The van der Waals surface area contributed by atoms with Gasteiger partial charge in [0.05, 0.1) is 0 Å². The van der Waals surface area contributed by atoms with E-state index in [1.807, 2.05) is 12.1 Å². The Balaban J connectivity index is 0.00000200. The van der Waals surface area contributed by atoms with Gasteiger partial charge in [0.2, 0.25) is 0 Å². The van der Waals surface area contributed by atoms with Gasteiger partial charge in [-0.2, -0.15) is 0 Å². The minimum atomic E-state index is -0.0844. The lowest BCUT2D eigenvalue weighted by Crippen LogP contribution is -2.48. The fraction of sp³-hybridized carbons (Fsp3) is 0.600. The zero-order chi connectivity index (χ0) is 14.0. The molecular formula is C15H23ClFIN2. The molecule has 1 fully saturated rings. The fourth-order valence-corrected chi connectivity index (χ4v) is 3.39. The third-order valence-corrected chi connectivity index (χ3v) is 4.26. The summed E-state index contributed by atoms with van der Waals surface area (Å²) in [4.78, 5) is 2.41. The van der Waals surface area contributed by atoms with Crippen LogP contribution in [0, 0.1) is 14.8 Å². The van der Waals surface area contributed by atoms with Gasteiger partial charge in [0, 0.05) is 41.4 Å². The quantitative estimate of drug-likeness (QED) is 0.743. The highest BCUT2D eigenvalue weighted by Crippen LogP contribution is 2.39. The van der Waals surface area contributed by atoms with Crippen molar-refractivity contribution in [3.05, 3.63) is 33.1 Å². The summed E-state index contributed by atoms with van der Waals surface area (Å²) in [7, 11) is 0. The van der Waals surface area contributed by atoms with Crippen LogP contribution >= 0.6 is 35.0 Å². The Hall–Kier alpha value is 0.0900. The maximum absolute atomic E-state index is 14.3. The van der Waals surface area contributed by atoms with Crippen molar-refractivity contribution in [3.63, 3.8) is 0 Å². The third-order valence-electron chi connectivity index (χ3n) is 3.59. The summed E-state index contributed by atoms with van der Waals surface area (Å²) in [5, 5.41) is 3.36. The number of nitrogens with zero attached hydrogens (tertiary/aromatic N) is 1. The molecule has 0 aliphatic carbocycles. The van der Waals surface area contributed by atoms with Crippen LogP contribution in [-0.4, -0.2) is 31.1 Å². The molecule has 0 bridgehead atoms. The second-order valence-corrected chi connectivity index (χ2v) is 7.47. The summed E-state index contributed by atoms with van der Waals surface area (Å²) in [6, 6.07) is 5.55. The first kappa shape index (κ1) is 18.1. The van der Waals surface area contributed by atoms with E-state index in [9.17, 15) is 4.39 Å². The van der Waals surface area contributed by atoms with Gasteiger partial charge in [-0.25, -0.2) is 4.39 Å². The molecule has 114 valence electrons. The Labute approximate surface area is 141 Å². The minimum absolute atomic E-state index is 0. The SMILES string of the molecule is CC(C)(C)[C@H](c1cc(I)ccc1F)N1CCNCC1.Cl. The van der Waals surface area contributed by atoms with E-state index in [0.717, 1.165) is 35.3 Å². The molecular weight excluding hydrogens is 390 g/mol. The predicted molar refractivity (Wildman–Crippen MR) is 93.0 cm³/mol. The van der Waals surface area contributed by atoms with Crippen molar-refractivity contribution in [2.24, 2.45) is 5.41 Å². The summed E-state index contributed by atoms with van der Waals surface area (Å²) in [5.41, 5.74) is 0.851. The smallest absolute Gasteiger partial charge is 0.128 e. The van der Waals surface area contributed by atoms with E-state index in [-0.39, 0.29) is 29.7 Å². The molecule has 5 heteroatoms. The Bertz CT molecular complexity index is 442. The Kier molecular flexibility index (Phi) is 6.70. The largest absolute Gasteiger partial charge is 0.314 e. The number of halogens is 3. The maximum atomic E-state index is 14.3. The molecule has 1 heterocycles. The summed E-state index contributed by atoms with van der Waals surface area (Å²) < 4.78 is 15.4. The Morgan fingerprint density at radius 2 is 1.85 bits per heavy atom. The van der Waals surface area contributed by atoms with E-state index in [1.165, 1.54) is 0 Å². The maximum Gasteiger partial charge on any atom is 0.128 e. The average Bonchev–Trinajstić information content (AvgIpc) is 2.33. The molecule has 1 aromatic rings. The van der Waals surface area contributed by atoms with Crippen molar-refractivity contribution >= 4 is 35.0 Å². The number of piperazine rings is 1. The van der Waals surface area contributed by atoms with Crippen molar-refractivity contribution < 1.29 is 4.39 Å². The molecule has 0 amide bonds. The van der Waals surface area contributed by atoms with E-state index in [0.29, 0.717) is 0 Å². The van der Waals surface area contributed by atoms with Crippen molar-refractivity contribution in [2.45, 2.75) is 26.8 Å². The first-order valence-electron chi connectivity index (χ1n) is 6.79. The normalized spacial score (nSPS) is 18.4. The van der Waals surface area contributed by atoms with Gasteiger partial charge in [0.25, 0.3) is 0 Å². The molecule has 1 saturated heterocycles. The number of rotatable bonds is 2. The van der Waals surface area contributed by atoms with Gasteiger partial charge >= 0.3 is 0 Å². The van der Waals surface area contributed by atoms with Gasteiger partial charge in [-0.3, -0.25) is 4.90 Å². The van der Waals surface area contributed by atoms with Crippen molar-refractivity contribution in [2.75, 3.05) is 26.2 Å². The molecule has 0 aromatic heterocycles. The van der Waals surface area contributed by atoms with Crippen LogP contribution in [0.1, 0.15) is 32.4 Å². The number of hydrogen-bond acceptors (Lipinski definition) is 2. The second-order valence-electron chi connectivity index (χ2n) is 6.22. The van der Waals surface area contributed by atoms with Crippen LogP contribution in [0.2, 0.25) is 0 Å². The van der Waals surface area contributed by atoms with E-state index < -0.39 is 0 Å². The van der Waals surface area contributed by atoms with Gasteiger partial charge in [0.15, 0.2) is 0 Å². The topological polar surface area (TPSA) is 15.3 Å². The Morgan fingerprint density at radius 3 is 2.40 bits per heavy atom. The third kappa shape index (κ3) is 4.29. The molecule has 0 saturated carbocycles. The first-order chi connectivity index (χ1) is 8.89. The monoisotopic (exact) mass is 412 g/mol. The lowest BCUT2D eigenvalue weighted by atomic mass is 9.80. The molecule has 1 N–H and O–H groups in total. The van der Waals surface area contributed by atoms with Crippen LogP contribution in [0.4, 0.5) is 4.39 Å². The second kappa shape index (κ2) is 7.38. The summed E-state index contributed by atoms with van der Waals surface area (Å²) in [6.07, 6.45) is 0. The highest BCUT2D eigenvalue weighted by molar-refractivity contribution is 14.1. The number of hydrogen-bond donors (Lipinski definition) is 1. The molecule has 1 aromatic carbocycles. The molecule has 0 unspecified atom stereocenters. The summed E-state index contributed by atoms with van der Waals surface area (Å²) >= 11 is 2.26. The molecule has 20 heavy (non-hydrogen) atoms. The fourth-order valence-electron chi connectivity index (χ4n) is 2.88. The molecule has 1 aliphatic rings. The van der Waals surface area contributed by atoms with Gasteiger partial charge in [-0.1, -0.05) is 20.8 Å². The highest BCUT2D eigenvalue weighted by atomic mass is 127. The van der Waals surface area contributed by atoms with Gasteiger partial charge in [-0.05, 0) is 46.2 Å². The average molecular weight is 413 g/mol. The van der Waals surface area contributed by atoms with Crippen LogP contribution in [0.5, 0.6) is 0 Å². The lowest BCUT2D eigenvalue weighted by Gasteiger charge is -2.42. The van der Waals surface area contributed by atoms with Crippen molar-refractivity contribution in [1.82, 2.24) is 10.2 Å². The molecule has 2 rings (SSSR count). The van der Waals surface area contributed by atoms with Crippen LogP contribution in [0.3, 0.4) is 0 Å². The van der Waals surface area contributed by atoms with Crippen molar-refractivity contribution in [3.8, 4) is 0 Å². The lowest BCUT2D eigenvalue weighted by molar-refractivity contribution is 0.0834. The Morgan fingerprint density at radius 1 is 1.25 bits per heavy atom. The van der Waals surface area contributed by atoms with Crippen molar-refractivity contribution in [1.29, 1.82) is 0 Å². The van der Waals surface area contributed by atoms with Crippen LogP contribution < -0.4 is 5.32 Å². The highest BCUT2D eigenvalue weighted by Gasteiger charge is 2.34. The molecule has 0 spiro atoms. The van der Waals surface area contributed by atoms with Gasteiger partial charge < -0.3 is 5.32 Å². The van der Waals surface area contributed by atoms with Gasteiger partial charge in [0.1, 0.15) is 5.82 Å². The number of benzene rings is 1. The van der Waals surface area contributed by atoms with E-state index >= 15 is 0 Å². The first-order valence-corrected chi connectivity index (χ1v) is 7.87. The molecule has 0 radical (unpaired) electrons. The predicted octanol–water partition coefficient (Wildman–Crippen LogP) is 3.84. The molecule has 2 nitrogen and oxygen atoms in total. The van der Waals surface area contributed by atoms with Gasteiger partial charge in [-0.15, -0.1) is 12.4 Å². The summed E-state index contributed by atoms with van der Waals surface area (Å²) in [5.74, 6) is -0.0844. The zero-order valence-corrected chi connectivity index (χ0v) is 15.2. The molecule has 1 atom stereocenters. The van der Waals surface area contributed by atoms with Crippen LogP contribution in [-0.2, 0) is 0 Å².